The monoisotopic (exact) mass is 440 g/mol. The first-order valence-corrected chi connectivity index (χ1v) is 11.4. The van der Waals surface area contributed by atoms with Gasteiger partial charge < -0.3 is 4.74 Å². The highest BCUT2D eigenvalue weighted by molar-refractivity contribution is 7.93. The van der Waals surface area contributed by atoms with Crippen LogP contribution in [0, 0.1) is 5.92 Å². The minimum absolute atomic E-state index is 0.0320. The summed E-state index contributed by atoms with van der Waals surface area (Å²) in [6, 6.07) is 8.35. The molecular formula is C19H18F2N2O4S2. The molecule has 0 N–H and O–H groups in total. The Morgan fingerprint density at radius 3 is 2.52 bits per heavy atom. The Kier molecular flexibility index (Phi) is 5.95. The Morgan fingerprint density at radius 2 is 1.97 bits per heavy atom. The van der Waals surface area contributed by atoms with Gasteiger partial charge in [-0.2, -0.15) is 13.8 Å². The summed E-state index contributed by atoms with van der Waals surface area (Å²) in [5.74, 6) is -4.01. The number of allylic oxidation sites excluding steroid dienone is 1. The largest absolute Gasteiger partial charge is 0.437 e. The van der Waals surface area contributed by atoms with Crippen LogP contribution in [0.4, 0.5) is 8.78 Å². The summed E-state index contributed by atoms with van der Waals surface area (Å²) in [6.45, 7) is 0.681. The van der Waals surface area contributed by atoms with Crippen LogP contribution in [0.2, 0.25) is 0 Å². The molecule has 1 saturated carbocycles. The first-order valence-electron chi connectivity index (χ1n) is 8.66. The number of carbonyl (C=O) groups is 1. The van der Waals surface area contributed by atoms with Gasteiger partial charge in [0.15, 0.2) is 19.7 Å². The van der Waals surface area contributed by atoms with Crippen molar-refractivity contribution in [2.75, 3.05) is 6.26 Å². The van der Waals surface area contributed by atoms with Crippen LogP contribution in [-0.4, -0.2) is 31.3 Å². The van der Waals surface area contributed by atoms with E-state index in [-0.39, 0.29) is 16.7 Å². The highest BCUT2D eigenvalue weighted by atomic mass is 32.2. The van der Waals surface area contributed by atoms with E-state index in [1.807, 2.05) is 0 Å². The molecule has 1 aliphatic rings. The van der Waals surface area contributed by atoms with E-state index >= 15 is 0 Å². The second-order valence-corrected chi connectivity index (χ2v) is 9.64. The number of ether oxygens (including phenoxy) is 1. The number of rotatable bonds is 7. The Bertz CT molecular complexity index is 1070. The van der Waals surface area contributed by atoms with Crippen molar-refractivity contribution in [3.63, 3.8) is 0 Å². The molecule has 1 fully saturated rings. The molecule has 0 aliphatic heterocycles. The summed E-state index contributed by atoms with van der Waals surface area (Å²) >= 11 is 0.506. The zero-order valence-corrected chi connectivity index (χ0v) is 17.3. The third-order valence-corrected chi connectivity index (χ3v) is 5.66. The summed E-state index contributed by atoms with van der Waals surface area (Å²) in [5, 5.41) is 0.401. The van der Waals surface area contributed by atoms with Crippen molar-refractivity contribution < 1.29 is 26.7 Å². The van der Waals surface area contributed by atoms with E-state index in [4.69, 9.17) is 4.74 Å². The van der Waals surface area contributed by atoms with Gasteiger partial charge in [0, 0.05) is 30.2 Å². The predicted octanol–water partition coefficient (Wildman–Crippen LogP) is 4.60. The molecule has 3 rings (SSSR count). The fraction of sp³-hybridized carbons (Fsp3) is 0.316. The average Bonchev–Trinajstić information content (AvgIpc) is 3.37. The molecule has 0 radical (unpaired) electrons. The number of nitrogens with zero attached hydrogens (tertiary/aromatic N) is 2. The van der Waals surface area contributed by atoms with Gasteiger partial charge in [-0.15, -0.1) is 11.3 Å². The van der Waals surface area contributed by atoms with Crippen molar-refractivity contribution in [2.45, 2.75) is 25.7 Å². The number of aromatic nitrogens is 1. The summed E-state index contributed by atoms with van der Waals surface area (Å²) in [5.41, 5.74) is 0.296. The molecule has 0 unspecified atom stereocenters. The van der Waals surface area contributed by atoms with Crippen LogP contribution in [0.5, 0.6) is 11.6 Å². The Morgan fingerprint density at radius 1 is 1.31 bits per heavy atom. The standard InChI is InChI=1S/C19H18F2N2O4S2/c1-19(20,21)18-23-17(27-13-6-4-3-5-7-13)15(28-18)16(24)22-14(12-8-9-12)10-11-29(2,25)26/h3-7,10-12H,8-9H2,1-2H3/b11-10+,22-14?. The lowest BCUT2D eigenvalue weighted by Gasteiger charge is -2.04. The molecule has 29 heavy (non-hydrogen) atoms. The van der Waals surface area contributed by atoms with Crippen molar-refractivity contribution in [1.29, 1.82) is 0 Å². The molecule has 6 nitrogen and oxygen atoms in total. The van der Waals surface area contributed by atoms with E-state index in [0.29, 0.717) is 29.7 Å². The topological polar surface area (TPSA) is 85.7 Å². The number of alkyl halides is 2. The Hall–Kier alpha value is -2.46. The van der Waals surface area contributed by atoms with Crippen LogP contribution in [0.3, 0.4) is 0 Å². The molecular weight excluding hydrogens is 422 g/mol. The molecule has 154 valence electrons. The van der Waals surface area contributed by atoms with Crippen molar-refractivity contribution in [3.05, 3.63) is 51.7 Å². The molecule has 10 heteroatoms. The SMILES string of the molecule is CC(F)(F)c1nc(Oc2ccccc2)c(C(=O)N=C(/C=C/S(C)(=O)=O)C2CC2)s1. The molecule has 0 saturated heterocycles. The fourth-order valence-electron chi connectivity index (χ4n) is 2.30. The van der Waals surface area contributed by atoms with Crippen LogP contribution in [0.1, 0.15) is 34.4 Å². The third kappa shape index (κ3) is 6.01. The van der Waals surface area contributed by atoms with Gasteiger partial charge in [0.2, 0.25) is 5.88 Å². The lowest BCUT2D eigenvalue weighted by molar-refractivity contribution is 0.0169. The number of thiazole rings is 1. The first kappa shape index (κ1) is 21.3. The molecule has 0 atom stereocenters. The van der Waals surface area contributed by atoms with E-state index in [9.17, 15) is 22.0 Å². The summed E-state index contributed by atoms with van der Waals surface area (Å²) in [7, 11) is -3.40. The maximum absolute atomic E-state index is 13.8. The number of sulfone groups is 1. The third-order valence-electron chi connectivity index (χ3n) is 3.84. The molecule has 0 spiro atoms. The van der Waals surface area contributed by atoms with Crippen LogP contribution >= 0.6 is 11.3 Å². The van der Waals surface area contributed by atoms with Crippen LogP contribution in [0.15, 0.2) is 46.8 Å². The zero-order valence-electron chi connectivity index (χ0n) is 15.6. The van der Waals surface area contributed by atoms with Gasteiger partial charge in [-0.25, -0.2) is 13.4 Å². The number of aliphatic imine (C=N–C) groups is 1. The highest BCUT2D eigenvalue weighted by Gasteiger charge is 2.34. The average molecular weight is 440 g/mol. The quantitative estimate of drug-likeness (QED) is 0.588. The van der Waals surface area contributed by atoms with Crippen molar-refractivity contribution in [3.8, 4) is 11.6 Å². The van der Waals surface area contributed by atoms with Gasteiger partial charge in [0.25, 0.3) is 11.8 Å². The van der Waals surface area contributed by atoms with E-state index < -0.39 is 26.7 Å². The Balaban J connectivity index is 1.98. The lowest BCUT2D eigenvalue weighted by Crippen LogP contribution is -2.05. The summed E-state index contributed by atoms with van der Waals surface area (Å²) in [6.07, 6.45) is 3.85. The smallest absolute Gasteiger partial charge is 0.296 e. The van der Waals surface area contributed by atoms with E-state index in [2.05, 4.69) is 9.98 Å². The second-order valence-electron chi connectivity index (χ2n) is 6.71. The van der Waals surface area contributed by atoms with E-state index in [0.717, 1.165) is 24.5 Å². The van der Waals surface area contributed by atoms with Gasteiger partial charge in [0.05, 0.1) is 0 Å². The predicted molar refractivity (Wildman–Crippen MR) is 107 cm³/mol. The maximum Gasteiger partial charge on any atom is 0.296 e. The van der Waals surface area contributed by atoms with Gasteiger partial charge in [-0.3, -0.25) is 4.79 Å². The van der Waals surface area contributed by atoms with Gasteiger partial charge in [-0.05, 0) is 31.1 Å². The van der Waals surface area contributed by atoms with Gasteiger partial charge in [-0.1, -0.05) is 18.2 Å². The minimum atomic E-state index is -3.40. The number of benzene rings is 1. The maximum atomic E-state index is 13.8. The fourth-order valence-corrected chi connectivity index (χ4v) is 3.50. The van der Waals surface area contributed by atoms with E-state index in [1.54, 1.807) is 30.3 Å². The van der Waals surface area contributed by atoms with E-state index in [1.165, 1.54) is 6.08 Å². The number of para-hydroxylation sites is 1. The van der Waals surface area contributed by atoms with Crippen molar-refractivity contribution >= 4 is 32.8 Å². The molecule has 2 aromatic rings. The molecule has 1 aliphatic carbocycles. The summed E-state index contributed by atoms with van der Waals surface area (Å²) in [4.78, 5) is 20.3. The number of halogens is 2. The molecule has 1 heterocycles. The molecule has 1 aromatic heterocycles. The number of hydrogen-bond acceptors (Lipinski definition) is 6. The summed E-state index contributed by atoms with van der Waals surface area (Å²) < 4.78 is 55.8. The highest BCUT2D eigenvalue weighted by Crippen LogP contribution is 2.38. The zero-order chi connectivity index (χ0) is 21.2. The van der Waals surface area contributed by atoms with Crippen LogP contribution in [0.25, 0.3) is 0 Å². The molecule has 1 amide bonds. The van der Waals surface area contributed by atoms with Gasteiger partial charge in [0.1, 0.15) is 5.75 Å². The van der Waals surface area contributed by atoms with Crippen molar-refractivity contribution in [1.82, 2.24) is 4.98 Å². The minimum Gasteiger partial charge on any atom is -0.437 e. The molecule has 1 aromatic carbocycles. The van der Waals surface area contributed by atoms with Crippen LogP contribution < -0.4 is 4.74 Å². The Labute approximate surface area is 170 Å². The first-order chi connectivity index (χ1) is 13.5. The normalized spacial score (nSPS) is 15.7. The lowest BCUT2D eigenvalue weighted by atomic mass is 10.2. The number of amides is 1. The number of carbonyl (C=O) groups excluding carboxylic acids is 1. The second kappa shape index (κ2) is 8.11. The number of hydrogen-bond donors (Lipinski definition) is 0. The van der Waals surface area contributed by atoms with Gasteiger partial charge >= 0.3 is 0 Å². The molecule has 0 bridgehead atoms. The van der Waals surface area contributed by atoms with Crippen molar-refractivity contribution in [2.24, 2.45) is 10.9 Å². The van der Waals surface area contributed by atoms with Crippen LogP contribution in [-0.2, 0) is 15.8 Å².